The summed E-state index contributed by atoms with van der Waals surface area (Å²) in [6, 6.07) is 12.1. The molecule has 32 heavy (non-hydrogen) atoms. The normalized spacial score (nSPS) is 14.8. The van der Waals surface area contributed by atoms with Crippen LogP contribution in [0.1, 0.15) is 29.5 Å². The third kappa shape index (κ3) is 5.30. The van der Waals surface area contributed by atoms with Crippen LogP contribution in [0.4, 0.5) is 5.69 Å². The van der Waals surface area contributed by atoms with Crippen LogP contribution >= 0.6 is 0 Å². The number of nitrogens with zero attached hydrogens (tertiary/aromatic N) is 2. The van der Waals surface area contributed by atoms with Crippen molar-refractivity contribution in [2.75, 3.05) is 31.0 Å². The molecule has 3 rings (SSSR count). The van der Waals surface area contributed by atoms with Gasteiger partial charge in [0.25, 0.3) is 10.0 Å². The van der Waals surface area contributed by atoms with Gasteiger partial charge in [-0.15, -0.1) is 0 Å². The molecule has 2 aromatic carbocycles. The zero-order valence-electron chi connectivity index (χ0n) is 19.0. The molecule has 1 saturated heterocycles. The second-order valence-electron chi connectivity index (χ2n) is 8.35. The zero-order chi connectivity index (χ0) is 23.5. The molecule has 0 aliphatic carbocycles. The SMILES string of the molecule is COC(=O)C1CCN(C(=O)CN(c2cc(C)cc(C)c2)S(=O)(=O)c2ccc(C)cc2)CC1. The van der Waals surface area contributed by atoms with Gasteiger partial charge in [0, 0.05) is 13.1 Å². The first-order valence-corrected chi connectivity index (χ1v) is 12.1. The number of aryl methyl sites for hydroxylation is 3. The summed E-state index contributed by atoms with van der Waals surface area (Å²) in [6.45, 7) is 6.16. The molecule has 1 amide bonds. The van der Waals surface area contributed by atoms with Gasteiger partial charge < -0.3 is 9.64 Å². The molecule has 0 radical (unpaired) electrons. The van der Waals surface area contributed by atoms with Crippen molar-refractivity contribution >= 4 is 27.6 Å². The average Bonchev–Trinajstić information content (AvgIpc) is 2.76. The van der Waals surface area contributed by atoms with Crippen molar-refractivity contribution in [2.45, 2.75) is 38.5 Å². The van der Waals surface area contributed by atoms with Crippen LogP contribution in [0.2, 0.25) is 0 Å². The van der Waals surface area contributed by atoms with Crippen molar-refractivity contribution in [3.05, 3.63) is 59.2 Å². The van der Waals surface area contributed by atoms with E-state index in [2.05, 4.69) is 0 Å². The highest BCUT2D eigenvalue weighted by Crippen LogP contribution is 2.27. The van der Waals surface area contributed by atoms with E-state index in [9.17, 15) is 18.0 Å². The molecule has 1 heterocycles. The Morgan fingerprint density at radius 3 is 2.06 bits per heavy atom. The smallest absolute Gasteiger partial charge is 0.308 e. The maximum atomic E-state index is 13.6. The predicted octanol–water partition coefficient (Wildman–Crippen LogP) is 3.22. The van der Waals surface area contributed by atoms with Gasteiger partial charge in [-0.1, -0.05) is 23.8 Å². The first-order valence-electron chi connectivity index (χ1n) is 10.6. The van der Waals surface area contributed by atoms with Gasteiger partial charge in [0.15, 0.2) is 0 Å². The second-order valence-corrected chi connectivity index (χ2v) is 10.2. The number of likely N-dealkylation sites (tertiary alicyclic amines) is 1. The molecule has 1 fully saturated rings. The van der Waals surface area contributed by atoms with Crippen molar-refractivity contribution in [1.29, 1.82) is 0 Å². The van der Waals surface area contributed by atoms with E-state index >= 15 is 0 Å². The molecular weight excluding hydrogens is 428 g/mol. The molecule has 0 unspecified atom stereocenters. The molecular formula is C24H30N2O5S. The molecule has 1 aliphatic heterocycles. The second kappa shape index (κ2) is 9.73. The standard InChI is InChI=1S/C24H30N2O5S/c1-17-5-7-22(8-6-17)32(29,30)26(21-14-18(2)13-19(3)15-21)16-23(27)25-11-9-20(10-12-25)24(28)31-4/h5-8,13-15,20H,9-12,16H2,1-4H3. The summed E-state index contributed by atoms with van der Waals surface area (Å²) in [5.74, 6) is -0.782. The van der Waals surface area contributed by atoms with Gasteiger partial charge in [-0.2, -0.15) is 0 Å². The highest BCUT2D eigenvalue weighted by molar-refractivity contribution is 7.92. The van der Waals surface area contributed by atoms with E-state index in [1.807, 2.05) is 26.8 Å². The lowest BCUT2D eigenvalue weighted by Gasteiger charge is -2.33. The Morgan fingerprint density at radius 1 is 0.969 bits per heavy atom. The Kier molecular flexibility index (Phi) is 7.23. The number of piperidine rings is 1. The topological polar surface area (TPSA) is 84.0 Å². The number of amides is 1. The van der Waals surface area contributed by atoms with E-state index < -0.39 is 10.0 Å². The Balaban J connectivity index is 1.89. The van der Waals surface area contributed by atoms with E-state index in [-0.39, 0.29) is 29.2 Å². The van der Waals surface area contributed by atoms with Gasteiger partial charge in [-0.25, -0.2) is 8.42 Å². The molecule has 0 bridgehead atoms. The van der Waals surface area contributed by atoms with Gasteiger partial charge in [0.2, 0.25) is 5.91 Å². The van der Waals surface area contributed by atoms with E-state index in [0.717, 1.165) is 16.7 Å². The van der Waals surface area contributed by atoms with Crippen molar-refractivity contribution < 1.29 is 22.7 Å². The lowest BCUT2D eigenvalue weighted by molar-refractivity contribution is -0.148. The van der Waals surface area contributed by atoms with Crippen LogP contribution in [-0.2, 0) is 24.3 Å². The number of methoxy groups -OCH3 is 1. The third-order valence-corrected chi connectivity index (χ3v) is 7.55. The Labute approximate surface area is 190 Å². The van der Waals surface area contributed by atoms with Crippen LogP contribution in [0, 0.1) is 26.7 Å². The predicted molar refractivity (Wildman–Crippen MR) is 123 cm³/mol. The van der Waals surface area contributed by atoms with Crippen LogP contribution in [-0.4, -0.2) is 51.9 Å². The monoisotopic (exact) mass is 458 g/mol. The van der Waals surface area contributed by atoms with E-state index in [1.54, 1.807) is 41.3 Å². The molecule has 0 saturated carbocycles. The minimum atomic E-state index is -3.95. The number of sulfonamides is 1. The third-order valence-electron chi connectivity index (χ3n) is 5.76. The summed E-state index contributed by atoms with van der Waals surface area (Å²) in [4.78, 5) is 26.7. The number of esters is 1. The van der Waals surface area contributed by atoms with Crippen LogP contribution in [0.3, 0.4) is 0 Å². The highest BCUT2D eigenvalue weighted by atomic mass is 32.2. The Hall–Kier alpha value is -2.87. The van der Waals surface area contributed by atoms with Crippen molar-refractivity contribution in [3.63, 3.8) is 0 Å². The average molecular weight is 459 g/mol. The highest BCUT2D eigenvalue weighted by Gasteiger charge is 2.32. The molecule has 0 atom stereocenters. The minimum absolute atomic E-state index is 0.138. The number of rotatable bonds is 6. The van der Waals surface area contributed by atoms with Crippen LogP contribution < -0.4 is 4.31 Å². The fourth-order valence-electron chi connectivity index (χ4n) is 4.00. The summed E-state index contributed by atoms with van der Waals surface area (Å²) in [6.07, 6.45) is 1.01. The number of hydrogen-bond donors (Lipinski definition) is 0. The fourth-order valence-corrected chi connectivity index (χ4v) is 5.40. The van der Waals surface area contributed by atoms with Crippen molar-refractivity contribution in [3.8, 4) is 0 Å². The largest absolute Gasteiger partial charge is 0.469 e. The maximum Gasteiger partial charge on any atom is 0.308 e. The first-order chi connectivity index (χ1) is 15.1. The van der Waals surface area contributed by atoms with Crippen molar-refractivity contribution in [2.24, 2.45) is 5.92 Å². The van der Waals surface area contributed by atoms with Crippen molar-refractivity contribution in [1.82, 2.24) is 4.90 Å². The molecule has 2 aromatic rings. The lowest BCUT2D eigenvalue weighted by atomic mass is 9.97. The van der Waals surface area contributed by atoms with Crippen LogP contribution in [0.15, 0.2) is 47.4 Å². The fraction of sp³-hybridized carbons (Fsp3) is 0.417. The van der Waals surface area contributed by atoms with Gasteiger partial charge in [-0.05, 0) is 69.0 Å². The quantitative estimate of drug-likeness (QED) is 0.621. The molecule has 7 nitrogen and oxygen atoms in total. The van der Waals surface area contributed by atoms with Crippen LogP contribution in [0.25, 0.3) is 0 Å². The Bertz CT molecular complexity index is 1070. The number of carbonyl (C=O) groups excluding carboxylic acids is 2. The molecule has 8 heteroatoms. The molecule has 172 valence electrons. The minimum Gasteiger partial charge on any atom is -0.469 e. The van der Waals surface area contributed by atoms with Crippen LogP contribution in [0.5, 0.6) is 0 Å². The number of carbonyl (C=O) groups is 2. The zero-order valence-corrected chi connectivity index (χ0v) is 19.8. The summed E-state index contributed by atoms with van der Waals surface area (Å²) in [7, 11) is -2.60. The van der Waals surface area contributed by atoms with E-state index in [1.165, 1.54) is 11.4 Å². The van der Waals surface area contributed by atoms with Gasteiger partial charge in [-0.3, -0.25) is 13.9 Å². The van der Waals surface area contributed by atoms with E-state index in [4.69, 9.17) is 4.74 Å². The first kappa shape index (κ1) is 23.8. The lowest BCUT2D eigenvalue weighted by Crippen LogP contribution is -2.46. The number of ether oxygens (including phenoxy) is 1. The maximum absolute atomic E-state index is 13.6. The molecule has 0 spiro atoms. The van der Waals surface area contributed by atoms with E-state index in [0.29, 0.717) is 31.6 Å². The Morgan fingerprint density at radius 2 is 1.53 bits per heavy atom. The molecule has 1 aliphatic rings. The molecule has 0 N–H and O–H groups in total. The number of benzene rings is 2. The number of anilines is 1. The van der Waals surface area contributed by atoms with Gasteiger partial charge >= 0.3 is 5.97 Å². The molecule has 0 aromatic heterocycles. The summed E-state index contributed by atoms with van der Waals surface area (Å²) in [5.41, 5.74) is 3.23. The summed E-state index contributed by atoms with van der Waals surface area (Å²) >= 11 is 0. The number of hydrogen-bond acceptors (Lipinski definition) is 5. The van der Waals surface area contributed by atoms with Gasteiger partial charge in [0.1, 0.15) is 6.54 Å². The van der Waals surface area contributed by atoms with Gasteiger partial charge in [0.05, 0.1) is 23.6 Å². The summed E-state index contributed by atoms with van der Waals surface area (Å²) < 4.78 is 33.1. The summed E-state index contributed by atoms with van der Waals surface area (Å²) in [5, 5.41) is 0.